The molecule has 0 bridgehead atoms. The van der Waals surface area contributed by atoms with Crippen LogP contribution < -0.4 is 0 Å². The molecule has 0 unspecified atom stereocenters. The van der Waals surface area contributed by atoms with Gasteiger partial charge in [0.15, 0.2) is 5.82 Å². The molecule has 0 aliphatic carbocycles. The summed E-state index contributed by atoms with van der Waals surface area (Å²) in [6, 6.07) is 4.23. The van der Waals surface area contributed by atoms with Crippen molar-refractivity contribution < 1.29 is 14.3 Å². The van der Waals surface area contributed by atoms with E-state index in [4.69, 9.17) is 16.7 Å². The molecule has 0 spiro atoms. The lowest BCUT2D eigenvalue weighted by atomic mass is 10.1. The third kappa shape index (κ3) is 2.93. The summed E-state index contributed by atoms with van der Waals surface area (Å²) in [5.41, 5.74) is 2.37. The highest BCUT2D eigenvalue weighted by molar-refractivity contribution is 6.31. The van der Waals surface area contributed by atoms with E-state index in [1.54, 1.807) is 13.8 Å². The van der Waals surface area contributed by atoms with Gasteiger partial charge in [0.05, 0.1) is 11.4 Å². The van der Waals surface area contributed by atoms with E-state index in [2.05, 4.69) is 9.97 Å². The molecule has 0 aliphatic heterocycles. The topological polar surface area (TPSA) is 63.1 Å². The lowest BCUT2D eigenvalue weighted by Gasteiger charge is -2.09. The van der Waals surface area contributed by atoms with Crippen molar-refractivity contribution in [1.82, 2.24) is 9.97 Å². The molecule has 6 heteroatoms. The molecule has 2 aromatic rings. The molecule has 4 nitrogen and oxygen atoms in total. The average molecular weight is 295 g/mol. The summed E-state index contributed by atoms with van der Waals surface area (Å²) in [5.74, 6) is -1.04. The van der Waals surface area contributed by atoms with E-state index in [-0.39, 0.29) is 11.4 Å². The van der Waals surface area contributed by atoms with Gasteiger partial charge in [0.25, 0.3) is 0 Å². The van der Waals surface area contributed by atoms with Gasteiger partial charge in [-0.15, -0.1) is 0 Å². The highest BCUT2D eigenvalue weighted by Crippen LogP contribution is 2.24. The van der Waals surface area contributed by atoms with Gasteiger partial charge >= 0.3 is 5.97 Å². The van der Waals surface area contributed by atoms with Gasteiger partial charge in [0.1, 0.15) is 5.82 Å². The van der Waals surface area contributed by atoms with Crippen molar-refractivity contribution >= 4 is 17.6 Å². The van der Waals surface area contributed by atoms with Crippen LogP contribution in [0.2, 0.25) is 5.02 Å². The molecule has 20 heavy (non-hydrogen) atoms. The zero-order valence-corrected chi connectivity index (χ0v) is 11.7. The largest absolute Gasteiger partial charge is 0.481 e. The summed E-state index contributed by atoms with van der Waals surface area (Å²) in [4.78, 5) is 19.3. The number of halogens is 2. The van der Waals surface area contributed by atoms with Gasteiger partial charge < -0.3 is 5.11 Å². The summed E-state index contributed by atoms with van der Waals surface area (Å²) >= 11 is 5.74. The SMILES string of the molecule is Cc1nc(-c2ccc(F)c(Cl)c2)nc(C)c1CC(=O)O. The zero-order valence-electron chi connectivity index (χ0n) is 10.9. The minimum absolute atomic E-state index is 0.00369. The highest BCUT2D eigenvalue weighted by atomic mass is 35.5. The first-order valence-electron chi connectivity index (χ1n) is 5.90. The smallest absolute Gasteiger partial charge is 0.307 e. The van der Waals surface area contributed by atoms with Gasteiger partial charge in [-0.3, -0.25) is 4.79 Å². The molecule has 2 rings (SSSR count). The number of aliphatic carboxylic acids is 1. The van der Waals surface area contributed by atoms with Gasteiger partial charge in [-0.05, 0) is 32.0 Å². The second-order valence-corrected chi connectivity index (χ2v) is 4.80. The first kappa shape index (κ1) is 14.4. The van der Waals surface area contributed by atoms with E-state index in [1.807, 2.05) is 0 Å². The Kier molecular flexibility index (Phi) is 3.99. The fourth-order valence-electron chi connectivity index (χ4n) is 1.91. The number of hydrogen-bond acceptors (Lipinski definition) is 3. The van der Waals surface area contributed by atoms with Crippen LogP contribution in [0.3, 0.4) is 0 Å². The summed E-state index contributed by atoms with van der Waals surface area (Å²) < 4.78 is 13.1. The van der Waals surface area contributed by atoms with Crippen LogP contribution in [0.1, 0.15) is 17.0 Å². The highest BCUT2D eigenvalue weighted by Gasteiger charge is 2.13. The molecule has 0 saturated carbocycles. The predicted octanol–water partition coefficient (Wildman–Crippen LogP) is 3.18. The number of hydrogen-bond donors (Lipinski definition) is 1. The van der Waals surface area contributed by atoms with Crippen molar-refractivity contribution in [2.45, 2.75) is 20.3 Å². The first-order chi connectivity index (χ1) is 9.38. The van der Waals surface area contributed by atoms with Crippen molar-refractivity contribution in [3.05, 3.63) is 46.0 Å². The Hall–Kier alpha value is -2.01. The lowest BCUT2D eigenvalue weighted by molar-refractivity contribution is -0.136. The maximum absolute atomic E-state index is 13.1. The Morgan fingerprint density at radius 3 is 2.40 bits per heavy atom. The Morgan fingerprint density at radius 1 is 1.30 bits per heavy atom. The Labute approximate surface area is 120 Å². The van der Waals surface area contributed by atoms with E-state index < -0.39 is 11.8 Å². The van der Waals surface area contributed by atoms with Crippen LogP contribution in [0, 0.1) is 19.7 Å². The predicted molar refractivity (Wildman–Crippen MR) is 73.2 cm³/mol. The number of nitrogens with zero attached hydrogens (tertiary/aromatic N) is 2. The van der Waals surface area contributed by atoms with Crippen molar-refractivity contribution in [3.8, 4) is 11.4 Å². The van der Waals surface area contributed by atoms with E-state index in [9.17, 15) is 9.18 Å². The first-order valence-corrected chi connectivity index (χ1v) is 6.27. The third-order valence-electron chi connectivity index (χ3n) is 2.93. The van der Waals surface area contributed by atoms with Crippen molar-refractivity contribution in [3.63, 3.8) is 0 Å². The van der Waals surface area contributed by atoms with Gasteiger partial charge in [0.2, 0.25) is 0 Å². The number of carbonyl (C=O) groups is 1. The Morgan fingerprint density at radius 2 is 1.90 bits per heavy atom. The number of benzene rings is 1. The fourth-order valence-corrected chi connectivity index (χ4v) is 2.09. The van der Waals surface area contributed by atoms with Crippen molar-refractivity contribution in [2.75, 3.05) is 0 Å². The maximum Gasteiger partial charge on any atom is 0.307 e. The van der Waals surface area contributed by atoms with Crippen LogP contribution in [-0.2, 0) is 11.2 Å². The molecule has 0 aliphatic rings. The quantitative estimate of drug-likeness (QED) is 0.944. The molecule has 0 atom stereocenters. The van der Waals surface area contributed by atoms with Crippen LogP contribution in [0.4, 0.5) is 4.39 Å². The van der Waals surface area contributed by atoms with Crippen LogP contribution >= 0.6 is 11.6 Å². The van der Waals surface area contributed by atoms with Gasteiger partial charge in [-0.1, -0.05) is 11.6 Å². The minimum Gasteiger partial charge on any atom is -0.481 e. The molecule has 1 aromatic heterocycles. The molecule has 0 saturated heterocycles. The third-order valence-corrected chi connectivity index (χ3v) is 3.22. The molecule has 1 heterocycles. The van der Waals surface area contributed by atoms with E-state index >= 15 is 0 Å². The van der Waals surface area contributed by atoms with Gasteiger partial charge in [-0.2, -0.15) is 0 Å². The second-order valence-electron chi connectivity index (χ2n) is 4.40. The van der Waals surface area contributed by atoms with Crippen molar-refractivity contribution in [1.29, 1.82) is 0 Å². The standard InChI is InChI=1S/C14H12ClFN2O2/c1-7-10(6-13(19)20)8(2)18-14(17-7)9-3-4-12(16)11(15)5-9/h3-5H,6H2,1-2H3,(H,19,20). The van der Waals surface area contributed by atoms with Crippen LogP contribution in [-0.4, -0.2) is 21.0 Å². The van der Waals surface area contributed by atoms with E-state index in [1.165, 1.54) is 18.2 Å². The summed E-state index contributed by atoms with van der Waals surface area (Å²) in [6.45, 7) is 3.45. The minimum atomic E-state index is -0.933. The van der Waals surface area contributed by atoms with E-state index in [0.29, 0.717) is 28.3 Å². The van der Waals surface area contributed by atoms with Crippen LogP contribution in [0.25, 0.3) is 11.4 Å². The molecular formula is C14H12ClFN2O2. The van der Waals surface area contributed by atoms with Gasteiger partial charge in [0, 0.05) is 22.5 Å². The number of rotatable bonds is 3. The molecule has 1 N–H and O–H groups in total. The zero-order chi connectivity index (χ0) is 14.9. The average Bonchev–Trinajstić information content (AvgIpc) is 2.36. The fraction of sp³-hybridized carbons (Fsp3) is 0.214. The monoisotopic (exact) mass is 294 g/mol. The van der Waals surface area contributed by atoms with E-state index in [0.717, 1.165) is 0 Å². The maximum atomic E-state index is 13.1. The number of carboxylic acid groups (broad SMARTS) is 1. The molecule has 104 valence electrons. The van der Waals surface area contributed by atoms with Crippen LogP contribution in [0.5, 0.6) is 0 Å². The Bertz CT molecular complexity index is 666. The number of carboxylic acids is 1. The molecule has 0 fully saturated rings. The summed E-state index contributed by atoms with van der Waals surface area (Å²) in [5, 5.41) is 8.85. The molecular weight excluding hydrogens is 283 g/mol. The van der Waals surface area contributed by atoms with Crippen LogP contribution in [0.15, 0.2) is 18.2 Å². The van der Waals surface area contributed by atoms with Gasteiger partial charge in [-0.25, -0.2) is 14.4 Å². The lowest BCUT2D eigenvalue weighted by Crippen LogP contribution is -2.08. The number of aryl methyl sites for hydroxylation is 2. The number of aromatic nitrogens is 2. The molecule has 0 radical (unpaired) electrons. The normalized spacial score (nSPS) is 10.6. The summed E-state index contributed by atoms with van der Waals surface area (Å²) in [6.07, 6.45) is -0.123. The molecule has 1 aromatic carbocycles. The second kappa shape index (κ2) is 5.54. The van der Waals surface area contributed by atoms with Crippen molar-refractivity contribution in [2.24, 2.45) is 0 Å². The summed E-state index contributed by atoms with van der Waals surface area (Å²) in [7, 11) is 0. The molecule has 0 amide bonds. The Balaban J connectivity index is 2.48.